The van der Waals surface area contributed by atoms with Gasteiger partial charge in [-0.2, -0.15) is 0 Å². The number of hydrogen-bond acceptors (Lipinski definition) is 3. The van der Waals surface area contributed by atoms with Gasteiger partial charge < -0.3 is 10.2 Å². The van der Waals surface area contributed by atoms with Crippen molar-refractivity contribution in [2.24, 2.45) is 5.92 Å². The third kappa shape index (κ3) is 3.27. The minimum atomic E-state index is 0.655. The van der Waals surface area contributed by atoms with Crippen molar-refractivity contribution < 1.29 is 0 Å². The van der Waals surface area contributed by atoms with Gasteiger partial charge in [0, 0.05) is 37.1 Å². The predicted octanol–water partition coefficient (Wildman–Crippen LogP) is 2.96. The molecule has 0 bridgehead atoms. The van der Waals surface area contributed by atoms with Crippen LogP contribution < -0.4 is 10.2 Å². The molecule has 0 spiro atoms. The van der Waals surface area contributed by atoms with E-state index in [2.05, 4.69) is 41.2 Å². The van der Waals surface area contributed by atoms with E-state index in [1.165, 1.54) is 43.6 Å². The molecule has 3 nitrogen and oxygen atoms in total. The van der Waals surface area contributed by atoms with Gasteiger partial charge in [-0.05, 0) is 50.7 Å². The van der Waals surface area contributed by atoms with Crippen LogP contribution in [0.1, 0.15) is 45.2 Å². The molecule has 1 aromatic rings. The first-order chi connectivity index (χ1) is 9.22. The Morgan fingerprint density at radius 3 is 2.89 bits per heavy atom. The highest BCUT2D eigenvalue weighted by Crippen LogP contribution is 2.27. The highest BCUT2D eigenvalue weighted by molar-refractivity contribution is 5.48. The van der Waals surface area contributed by atoms with Gasteiger partial charge in [0.05, 0.1) is 5.69 Å². The van der Waals surface area contributed by atoms with Gasteiger partial charge in [0.2, 0.25) is 0 Å². The van der Waals surface area contributed by atoms with E-state index in [4.69, 9.17) is 0 Å². The van der Waals surface area contributed by atoms with Gasteiger partial charge in [-0.3, -0.25) is 4.98 Å². The SMILES string of the molecule is CC1CCC(C)N(c2ccnc(CNC3CC3)c2)C1. The molecule has 1 aromatic heterocycles. The topological polar surface area (TPSA) is 28.2 Å². The third-order valence-corrected chi connectivity index (χ3v) is 4.40. The van der Waals surface area contributed by atoms with Gasteiger partial charge in [-0.15, -0.1) is 0 Å². The van der Waals surface area contributed by atoms with Crippen molar-refractivity contribution in [1.29, 1.82) is 0 Å². The molecule has 1 aliphatic carbocycles. The highest BCUT2D eigenvalue weighted by Gasteiger charge is 2.24. The standard InChI is InChI=1S/C16H25N3/c1-12-3-4-13(2)19(11-12)16-7-8-17-15(9-16)10-18-14-5-6-14/h7-9,12-14,18H,3-6,10-11H2,1-2H3. The zero-order valence-electron chi connectivity index (χ0n) is 12.1. The summed E-state index contributed by atoms with van der Waals surface area (Å²) in [6.45, 7) is 6.79. The molecular weight excluding hydrogens is 234 g/mol. The molecule has 2 unspecified atom stereocenters. The lowest BCUT2D eigenvalue weighted by atomic mass is 9.94. The van der Waals surface area contributed by atoms with Crippen molar-refractivity contribution in [2.75, 3.05) is 11.4 Å². The summed E-state index contributed by atoms with van der Waals surface area (Å²) in [6.07, 6.45) is 7.30. The molecule has 2 aliphatic rings. The van der Waals surface area contributed by atoms with Crippen LogP contribution in [0.5, 0.6) is 0 Å². The second-order valence-corrected chi connectivity index (χ2v) is 6.34. The number of aromatic nitrogens is 1. The quantitative estimate of drug-likeness (QED) is 0.901. The molecule has 1 saturated heterocycles. The van der Waals surface area contributed by atoms with Crippen molar-refractivity contribution >= 4 is 5.69 Å². The number of rotatable bonds is 4. The van der Waals surface area contributed by atoms with Gasteiger partial charge in [0.15, 0.2) is 0 Å². The molecule has 0 amide bonds. The molecule has 1 saturated carbocycles. The third-order valence-electron chi connectivity index (χ3n) is 4.40. The maximum atomic E-state index is 4.49. The maximum Gasteiger partial charge on any atom is 0.0562 e. The van der Waals surface area contributed by atoms with Crippen molar-refractivity contribution in [1.82, 2.24) is 10.3 Å². The fourth-order valence-electron chi connectivity index (χ4n) is 2.93. The largest absolute Gasteiger partial charge is 0.368 e. The Balaban J connectivity index is 1.69. The molecule has 3 rings (SSSR count). The molecule has 104 valence electrons. The highest BCUT2D eigenvalue weighted by atomic mass is 15.2. The first-order valence-corrected chi connectivity index (χ1v) is 7.67. The van der Waals surface area contributed by atoms with Crippen LogP contribution in [0, 0.1) is 5.92 Å². The lowest BCUT2D eigenvalue weighted by molar-refractivity contribution is 0.390. The van der Waals surface area contributed by atoms with E-state index >= 15 is 0 Å². The second kappa shape index (κ2) is 5.49. The summed E-state index contributed by atoms with van der Waals surface area (Å²) in [5.41, 5.74) is 2.52. The minimum Gasteiger partial charge on any atom is -0.368 e. The first-order valence-electron chi connectivity index (χ1n) is 7.67. The molecule has 2 fully saturated rings. The molecule has 2 heterocycles. The number of nitrogens with zero attached hydrogens (tertiary/aromatic N) is 2. The summed E-state index contributed by atoms with van der Waals surface area (Å²) in [5.74, 6) is 0.803. The monoisotopic (exact) mass is 259 g/mol. The van der Waals surface area contributed by atoms with E-state index in [1.807, 2.05) is 6.20 Å². The predicted molar refractivity (Wildman–Crippen MR) is 79.3 cm³/mol. The summed E-state index contributed by atoms with van der Waals surface area (Å²) in [6, 6.07) is 5.83. The Morgan fingerprint density at radius 2 is 2.11 bits per heavy atom. The van der Waals surface area contributed by atoms with Crippen molar-refractivity contribution in [2.45, 2.75) is 58.2 Å². The van der Waals surface area contributed by atoms with E-state index in [9.17, 15) is 0 Å². The Bertz CT molecular complexity index is 428. The molecule has 1 N–H and O–H groups in total. The Hall–Kier alpha value is -1.09. The Morgan fingerprint density at radius 1 is 1.26 bits per heavy atom. The van der Waals surface area contributed by atoms with Gasteiger partial charge in [-0.1, -0.05) is 6.92 Å². The maximum absolute atomic E-state index is 4.49. The average Bonchev–Trinajstić information content (AvgIpc) is 3.24. The lowest BCUT2D eigenvalue weighted by Crippen LogP contribution is -2.41. The molecular formula is C16H25N3. The van der Waals surface area contributed by atoms with E-state index in [-0.39, 0.29) is 0 Å². The normalized spacial score (nSPS) is 27.6. The van der Waals surface area contributed by atoms with Crippen LogP contribution in [0.2, 0.25) is 0 Å². The van der Waals surface area contributed by atoms with Gasteiger partial charge in [-0.25, -0.2) is 0 Å². The van der Waals surface area contributed by atoms with Crippen molar-refractivity contribution in [3.63, 3.8) is 0 Å². The number of nitrogens with one attached hydrogen (secondary N) is 1. The summed E-state index contributed by atoms with van der Waals surface area (Å²) in [7, 11) is 0. The minimum absolute atomic E-state index is 0.655. The van der Waals surface area contributed by atoms with E-state index in [0.717, 1.165) is 18.5 Å². The average molecular weight is 259 g/mol. The number of hydrogen-bond donors (Lipinski definition) is 1. The van der Waals surface area contributed by atoms with Crippen LogP contribution in [-0.2, 0) is 6.54 Å². The summed E-state index contributed by atoms with van der Waals surface area (Å²) >= 11 is 0. The van der Waals surface area contributed by atoms with Crippen molar-refractivity contribution in [3.05, 3.63) is 24.0 Å². The molecule has 3 heteroatoms. The van der Waals surface area contributed by atoms with Crippen molar-refractivity contribution in [3.8, 4) is 0 Å². The fraction of sp³-hybridized carbons (Fsp3) is 0.688. The smallest absolute Gasteiger partial charge is 0.0562 e. The van der Waals surface area contributed by atoms with Crippen LogP contribution in [0.4, 0.5) is 5.69 Å². The Kier molecular flexibility index (Phi) is 3.74. The van der Waals surface area contributed by atoms with Crippen LogP contribution in [-0.4, -0.2) is 23.6 Å². The molecule has 1 aliphatic heterocycles. The second-order valence-electron chi connectivity index (χ2n) is 6.34. The zero-order valence-corrected chi connectivity index (χ0v) is 12.1. The van der Waals surface area contributed by atoms with Gasteiger partial charge in [0.1, 0.15) is 0 Å². The molecule has 0 aromatic carbocycles. The number of piperidine rings is 1. The fourth-order valence-corrected chi connectivity index (χ4v) is 2.93. The number of pyridine rings is 1. The summed E-state index contributed by atoms with van der Waals surface area (Å²) in [4.78, 5) is 7.04. The lowest BCUT2D eigenvalue weighted by Gasteiger charge is -2.38. The van der Waals surface area contributed by atoms with E-state index < -0.39 is 0 Å². The first kappa shape index (κ1) is 12.9. The van der Waals surface area contributed by atoms with E-state index in [1.54, 1.807) is 0 Å². The van der Waals surface area contributed by atoms with Crippen LogP contribution in [0.3, 0.4) is 0 Å². The summed E-state index contributed by atoms with van der Waals surface area (Å²) < 4.78 is 0. The van der Waals surface area contributed by atoms with Crippen LogP contribution in [0.25, 0.3) is 0 Å². The van der Waals surface area contributed by atoms with Crippen LogP contribution >= 0.6 is 0 Å². The molecule has 2 atom stereocenters. The number of anilines is 1. The molecule has 0 radical (unpaired) electrons. The molecule has 19 heavy (non-hydrogen) atoms. The van der Waals surface area contributed by atoms with Gasteiger partial charge in [0.25, 0.3) is 0 Å². The van der Waals surface area contributed by atoms with Gasteiger partial charge >= 0.3 is 0 Å². The van der Waals surface area contributed by atoms with E-state index in [0.29, 0.717) is 6.04 Å². The van der Waals surface area contributed by atoms with Crippen LogP contribution in [0.15, 0.2) is 18.3 Å². The zero-order chi connectivity index (χ0) is 13.2. The Labute approximate surface area is 116 Å². The summed E-state index contributed by atoms with van der Waals surface area (Å²) in [5, 5.41) is 3.54.